The Labute approximate surface area is 190 Å². The van der Waals surface area contributed by atoms with Gasteiger partial charge in [0.1, 0.15) is 6.29 Å². The third kappa shape index (κ3) is 2.69. The van der Waals surface area contributed by atoms with Gasteiger partial charge in [-0.3, -0.25) is 4.79 Å². The molecule has 0 bridgehead atoms. The van der Waals surface area contributed by atoms with Gasteiger partial charge >= 0.3 is 0 Å². The molecule has 0 spiro atoms. The van der Waals surface area contributed by atoms with Crippen molar-refractivity contribution < 1.29 is 9.59 Å². The molecule has 0 heterocycles. The third-order valence-electron chi connectivity index (χ3n) is 12.2. The lowest BCUT2D eigenvalue weighted by molar-refractivity contribution is -0.183. The molecular formula is C29H44O2. The number of hydrogen-bond acceptors (Lipinski definition) is 2. The van der Waals surface area contributed by atoms with E-state index in [2.05, 4.69) is 47.6 Å². The number of allylic oxidation sites excluding steroid dienone is 2. The highest BCUT2D eigenvalue weighted by Gasteiger charge is 2.68. The van der Waals surface area contributed by atoms with Crippen molar-refractivity contribution in [3.8, 4) is 0 Å². The van der Waals surface area contributed by atoms with Crippen molar-refractivity contribution in [2.24, 2.45) is 50.7 Å². The SMILES string of the molecule is CC1(C)CCCC2(C)C1CCC1(C)C2C(=O)C=C2C3CC(C=O)CCC3(C)CC[C@]21C. The summed E-state index contributed by atoms with van der Waals surface area (Å²) in [7, 11) is 0. The first-order valence-electron chi connectivity index (χ1n) is 13.1. The summed E-state index contributed by atoms with van der Waals surface area (Å²) in [5.41, 5.74) is 2.30. The van der Waals surface area contributed by atoms with Crippen molar-refractivity contribution in [3.63, 3.8) is 0 Å². The normalized spacial score (nSPS) is 53.4. The van der Waals surface area contributed by atoms with Crippen molar-refractivity contribution in [2.75, 3.05) is 0 Å². The number of rotatable bonds is 1. The van der Waals surface area contributed by atoms with Crippen molar-refractivity contribution >= 4 is 12.1 Å². The van der Waals surface area contributed by atoms with E-state index < -0.39 is 0 Å². The van der Waals surface area contributed by atoms with Crippen LogP contribution in [0, 0.1) is 50.7 Å². The molecule has 0 saturated heterocycles. The molecule has 2 nitrogen and oxygen atoms in total. The number of aldehydes is 1. The van der Waals surface area contributed by atoms with Crippen molar-refractivity contribution in [1.29, 1.82) is 0 Å². The fraction of sp³-hybridized carbons (Fsp3) is 0.862. The van der Waals surface area contributed by atoms with Crippen LogP contribution < -0.4 is 0 Å². The van der Waals surface area contributed by atoms with Crippen LogP contribution in [-0.4, -0.2) is 12.1 Å². The van der Waals surface area contributed by atoms with Gasteiger partial charge in [-0.25, -0.2) is 0 Å². The summed E-state index contributed by atoms with van der Waals surface area (Å²) in [4.78, 5) is 25.8. The summed E-state index contributed by atoms with van der Waals surface area (Å²) >= 11 is 0. The fourth-order valence-corrected chi connectivity index (χ4v) is 10.3. The van der Waals surface area contributed by atoms with E-state index in [0.29, 0.717) is 23.0 Å². The zero-order valence-electron chi connectivity index (χ0n) is 20.9. The first-order valence-corrected chi connectivity index (χ1v) is 13.1. The zero-order valence-corrected chi connectivity index (χ0v) is 20.9. The number of ketones is 1. The van der Waals surface area contributed by atoms with Gasteiger partial charge in [0.2, 0.25) is 0 Å². The van der Waals surface area contributed by atoms with Crippen LogP contribution in [0.3, 0.4) is 0 Å². The molecule has 0 aromatic heterocycles. The predicted molar refractivity (Wildman–Crippen MR) is 125 cm³/mol. The lowest BCUT2D eigenvalue weighted by atomic mass is 9.34. The zero-order chi connectivity index (χ0) is 22.4. The standard InChI is InChI=1S/C29H44O2/c1-25(2)10-7-11-27(4)23(25)9-13-29(6)24(27)22(31)17-21-20-16-19(18-30)8-12-26(20,3)14-15-28(21,29)5/h17-20,23-24H,7-16H2,1-6H3/t19?,20?,23?,24?,26?,27?,28-,29?/m1/s1. The van der Waals surface area contributed by atoms with Gasteiger partial charge < -0.3 is 4.79 Å². The van der Waals surface area contributed by atoms with Gasteiger partial charge in [-0.2, -0.15) is 0 Å². The van der Waals surface area contributed by atoms with Gasteiger partial charge in [-0.1, -0.05) is 53.5 Å². The monoisotopic (exact) mass is 424 g/mol. The Morgan fingerprint density at radius 1 is 0.903 bits per heavy atom. The molecule has 2 heteroatoms. The van der Waals surface area contributed by atoms with Crippen molar-refractivity contribution in [2.45, 2.75) is 106 Å². The first-order chi connectivity index (χ1) is 14.4. The Hall–Kier alpha value is -0.920. The Morgan fingerprint density at radius 2 is 1.65 bits per heavy atom. The van der Waals surface area contributed by atoms with Gasteiger partial charge in [0.15, 0.2) is 5.78 Å². The Bertz CT molecular complexity index is 838. The Balaban J connectivity index is 1.62. The summed E-state index contributed by atoms with van der Waals surface area (Å²) < 4.78 is 0. The Kier molecular flexibility index (Phi) is 4.64. The van der Waals surface area contributed by atoms with E-state index in [0.717, 1.165) is 19.3 Å². The molecule has 172 valence electrons. The van der Waals surface area contributed by atoms with Crippen LogP contribution in [0.1, 0.15) is 106 Å². The largest absolute Gasteiger partial charge is 0.303 e. The smallest absolute Gasteiger partial charge is 0.159 e. The second-order valence-electron chi connectivity index (χ2n) is 14.0. The van der Waals surface area contributed by atoms with Crippen LogP contribution in [0.15, 0.2) is 11.6 Å². The minimum Gasteiger partial charge on any atom is -0.303 e. The van der Waals surface area contributed by atoms with Crippen LogP contribution in [0.2, 0.25) is 0 Å². The Morgan fingerprint density at radius 3 is 2.35 bits per heavy atom. The van der Waals surface area contributed by atoms with E-state index in [1.807, 2.05) is 0 Å². The maximum Gasteiger partial charge on any atom is 0.159 e. The maximum absolute atomic E-state index is 14.1. The van der Waals surface area contributed by atoms with Crippen LogP contribution >= 0.6 is 0 Å². The molecule has 7 unspecified atom stereocenters. The lowest BCUT2D eigenvalue weighted by Gasteiger charge is -2.70. The summed E-state index contributed by atoms with van der Waals surface area (Å²) in [5, 5.41) is 0. The number of hydrogen-bond donors (Lipinski definition) is 0. The van der Waals surface area contributed by atoms with Crippen LogP contribution in [-0.2, 0) is 9.59 Å². The van der Waals surface area contributed by atoms with Gasteiger partial charge in [-0.15, -0.1) is 0 Å². The van der Waals surface area contributed by atoms with E-state index in [-0.39, 0.29) is 33.5 Å². The molecule has 8 atom stereocenters. The van der Waals surface area contributed by atoms with Crippen LogP contribution in [0.4, 0.5) is 0 Å². The van der Waals surface area contributed by atoms with Gasteiger partial charge in [0, 0.05) is 11.8 Å². The van der Waals surface area contributed by atoms with Crippen molar-refractivity contribution in [3.05, 3.63) is 11.6 Å². The van der Waals surface area contributed by atoms with Crippen LogP contribution in [0.25, 0.3) is 0 Å². The molecule has 0 N–H and O–H groups in total. The number of fused-ring (bicyclic) bond motifs is 7. The molecule has 4 saturated carbocycles. The van der Waals surface area contributed by atoms with E-state index in [1.54, 1.807) is 0 Å². The van der Waals surface area contributed by atoms with E-state index >= 15 is 0 Å². The minimum absolute atomic E-state index is 0.0439. The van der Waals surface area contributed by atoms with Crippen molar-refractivity contribution in [1.82, 2.24) is 0 Å². The third-order valence-corrected chi connectivity index (χ3v) is 12.2. The maximum atomic E-state index is 14.1. The molecule has 31 heavy (non-hydrogen) atoms. The van der Waals surface area contributed by atoms with E-state index in [1.165, 1.54) is 56.8 Å². The van der Waals surface area contributed by atoms with Gasteiger partial charge in [0.05, 0.1) is 0 Å². The first kappa shape index (κ1) is 21.9. The second kappa shape index (κ2) is 6.57. The summed E-state index contributed by atoms with van der Waals surface area (Å²) in [5.74, 6) is 1.82. The molecule has 5 aliphatic rings. The second-order valence-corrected chi connectivity index (χ2v) is 14.0. The summed E-state index contributed by atoms with van der Waals surface area (Å²) in [6.45, 7) is 14.9. The molecule has 5 aliphatic carbocycles. The molecule has 0 amide bonds. The van der Waals surface area contributed by atoms with Gasteiger partial charge in [-0.05, 0) is 103 Å². The molecule has 0 aromatic rings. The molecule has 0 aromatic carbocycles. The highest BCUT2D eigenvalue weighted by Crippen LogP contribution is 2.74. The molecule has 5 rings (SSSR count). The quantitative estimate of drug-likeness (QED) is 0.418. The fourth-order valence-electron chi connectivity index (χ4n) is 10.3. The molecule has 0 aliphatic heterocycles. The molecule has 0 radical (unpaired) electrons. The average molecular weight is 425 g/mol. The predicted octanol–water partition coefficient (Wildman–Crippen LogP) is 7.17. The number of carbonyl (C=O) groups is 2. The lowest BCUT2D eigenvalue weighted by Crippen LogP contribution is -2.65. The van der Waals surface area contributed by atoms with Crippen LogP contribution in [0.5, 0.6) is 0 Å². The van der Waals surface area contributed by atoms with E-state index in [9.17, 15) is 9.59 Å². The topological polar surface area (TPSA) is 34.1 Å². The number of carbonyl (C=O) groups excluding carboxylic acids is 2. The highest BCUT2D eigenvalue weighted by molar-refractivity contribution is 5.95. The molecular weight excluding hydrogens is 380 g/mol. The summed E-state index contributed by atoms with van der Waals surface area (Å²) in [6.07, 6.45) is 15.2. The molecule has 4 fully saturated rings. The highest BCUT2D eigenvalue weighted by atomic mass is 16.1. The summed E-state index contributed by atoms with van der Waals surface area (Å²) in [6, 6.07) is 0. The van der Waals surface area contributed by atoms with Gasteiger partial charge in [0.25, 0.3) is 0 Å². The average Bonchev–Trinajstić information content (AvgIpc) is 2.68. The minimum atomic E-state index is 0.0439. The van der Waals surface area contributed by atoms with E-state index in [4.69, 9.17) is 0 Å².